The Morgan fingerprint density at radius 1 is 0.808 bits per heavy atom. The maximum Gasteiger partial charge on any atom is 0.339 e. The summed E-state index contributed by atoms with van der Waals surface area (Å²) in [5.74, 6) is 0.275. The molecule has 0 heterocycles. The van der Waals surface area contributed by atoms with Gasteiger partial charge < -0.3 is 8.92 Å². The van der Waals surface area contributed by atoms with Crippen LogP contribution in [-0.2, 0) is 21.5 Å². The molecule has 0 aliphatic carbocycles. The molecule has 0 N–H and O–H groups in total. The van der Waals surface area contributed by atoms with Gasteiger partial charge in [-0.3, -0.25) is 0 Å². The molecule has 0 fully saturated rings. The number of benzene rings is 3. The lowest BCUT2D eigenvalue weighted by molar-refractivity contribution is 0.0516. The molecule has 4 nitrogen and oxygen atoms in total. The highest BCUT2D eigenvalue weighted by atomic mass is 32.2. The molecule has 1 atom stereocenters. The van der Waals surface area contributed by atoms with Crippen molar-refractivity contribution in [3.05, 3.63) is 96.1 Å². The molecular weight excluding hydrogens is 348 g/mol. The first-order valence-electron chi connectivity index (χ1n) is 8.30. The number of hydrogen-bond acceptors (Lipinski definition) is 4. The molecule has 0 saturated heterocycles. The zero-order valence-corrected chi connectivity index (χ0v) is 15.2. The van der Waals surface area contributed by atoms with Crippen molar-refractivity contribution >= 4 is 10.1 Å². The van der Waals surface area contributed by atoms with Crippen LogP contribution in [0, 0.1) is 0 Å². The molecule has 3 rings (SSSR count). The Kier molecular flexibility index (Phi) is 5.71. The van der Waals surface area contributed by atoms with Gasteiger partial charge in [-0.25, -0.2) is 0 Å². The van der Waals surface area contributed by atoms with Crippen LogP contribution in [0.3, 0.4) is 0 Å². The van der Waals surface area contributed by atoms with Crippen LogP contribution in [0.2, 0.25) is 0 Å². The molecule has 134 valence electrons. The molecule has 26 heavy (non-hydrogen) atoms. The monoisotopic (exact) mass is 368 g/mol. The van der Waals surface area contributed by atoms with Crippen LogP contribution in [0.25, 0.3) is 0 Å². The molecule has 0 aliphatic heterocycles. The third-order valence-corrected chi connectivity index (χ3v) is 5.18. The zero-order chi connectivity index (χ0) is 18.4. The van der Waals surface area contributed by atoms with Gasteiger partial charge in [0.2, 0.25) is 0 Å². The summed E-state index contributed by atoms with van der Waals surface area (Å²) < 4.78 is 36.3. The van der Waals surface area contributed by atoms with E-state index in [1.54, 1.807) is 30.3 Å². The van der Waals surface area contributed by atoms with Crippen molar-refractivity contribution in [2.24, 2.45) is 0 Å². The highest BCUT2D eigenvalue weighted by molar-refractivity contribution is 7.87. The second-order valence-electron chi connectivity index (χ2n) is 5.83. The molecule has 0 aliphatic rings. The minimum Gasteiger partial charge on any atom is -0.379 e. The van der Waals surface area contributed by atoms with E-state index < -0.39 is 10.1 Å². The van der Waals surface area contributed by atoms with E-state index in [1.165, 1.54) is 12.1 Å². The van der Waals surface area contributed by atoms with E-state index in [2.05, 4.69) is 0 Å². The van der Waals surface area contributed by atoms with Crippen LogP contribution in [0.15, 0.2) is 89.8 Å². The Morgan fingerprint density at radius 2 is 1.38 bits per heavy atom. The summed E-state index contributed by atoms with van der Waals surface area (Å²) in [6.07, 6.45) is -0.322. The van der Waals surface area contributed by atoms with E-state index in [0.717, 1.165) is 5.56 Å². The lowest BCUT2D eigenvalue weighted by atomic mass is 10.1. The van der Waals surface area contributed by atoms with Gasteiger partial charge >= 0.3 is 10.1 Å². The Hall–Kier alpha value is -2.63. The summed E-state index contributed by atoms with van der Waals surface area (Å²) in [5, 5.41) is 0. The second kappa shape index (κ2) is 8.17. The summed E-state index contributed by atoms with van der Waals surface area (Å²) in [4.78, 5) is 0.118. The first kappa shape index (κ1) is 18.2. The molecule has 0 saturated carbocycles. The Bertz CT molecular complexity index is 938. The lowest BCUT2D eigenvalue weighted by Gasteiger charge is -2.17. The fourth-order valence-electron chi connectivity index (χ4n) is 2.53. The standard InChI is InChI=1S/C21H20O4S/c1-17(24-16-18-10-4-2-5-11-18)20-14-8-9-15-21(20)25-26(22,23)19-12-6-3-7-13-19/h2-15,17H,16H2,1H3. The molecule has 3 aromatic rings. The zero-order valence-electron chi connectivity index (χ0n) is 14.4. The molecule has 0 amide bonds. The average Bonchev–Trinajstić information content (AvgIpc) is 2.68. The first-order chi connectivity index (χ1) is 12.6. The summed E-state index contributed by atoms with van der Waals surface area (Å²) in [6, 6.07) is 24.9. The maximum atomic E-state index is 12.5. The topological polar surface area (TPSA) is 52.6 Å². The van der Waals surface area contributed by atoms with Gasteiger partial charge in [-0.2, -0.15) is 8.42 Å². The van der Waals surface area contributed by atoms with Gasteiger partial charge in [-0.15, -0.1) is 0 Å². The van der Waals surface area contributed by atoms with Crippen molar-refractivity contribution in [1.29, 1.82) is 0 Å². The fraction of sp³-hybridized carbons (Fsp3) is 0.143. The van der Waals surface area contributed by atoms with Gasteiger partial charge in [0, 0.05) is 5.56 Å². The third-order valence-electron chi connectivity index (χ3n) is 3.93. The summed E-state index contributed by atoms with van der Waals surface area (Å²) in [5.41, 5.74) is 1.73. The van der Waals surface area contributed by atoms with E-state index >= 15 is 0 Å². The smallest absolute Gasteiger partial charge is 0.339 e. The van der Waals surface area contributed by atoms with Crippen LogP contribution >= 0.6 is 0 Å². The van der Waals surface area contributed by atoms with Crippen LogP contribution in [0.5, 0.6) is 5.75 Å². The Labute approximate surface area is 154 Å². The first-order valence-corrected chi connectivity index (χ1v) is 9.71. The molecule has 3 aromatic carbocycles. The Morgan fingerprint density at radius 3 is 2.08 bits per heavy atom. The van der Waals surface area contributed by atoms with Crippen LogP contribution in [-0.4, -0.2) is 8.42 Å². The van der Waals surface area contributed by atoms with Gasteiger partial charge in [0.05, 0.1) is 12.7 Å². The number of para-hydroxylation sites is 1. The molecule has 0 bridgehead atoms. The molecule has 0 spiro atoms. The SMILES string of the molecule is CC(OCc1ccccc1)c1ccccc1OS(=O)(=O)c1ccccc1. The van der Waals surface area contributed by atoms with Crippen molar-refractivity contribution in [3.63, 3.8) is 0 Å². The van der Waals surface area contributed by atoms with Crippen LogP contribution in [0.1, 0.15) is 24.2 Å². The van der Waals surface area contributed by atoms with Gasteiger partial charge in [-0.05, 0) is 30.7 Å². The Balaban J connectivity index is 1.77. The average molecular weight is 368 g/mol. The van der Waals surface area contributed by atoms with Crippen molar-refractivity contribution < 1.29 is 17.3 Å². The molecular formula is C21H20O4S. The largest absolute Gasteiger partial charge is 0.379 e. The maximum absolute atomic E-state index is 12.5. The van der Waals surface area contributed by atoms with E-state index in [4.69, 9.17) is 8.92 Å². The van der Waals surface area contributed by atoms with Crippen LogP contribution in [0.4, 0.5) is 0 Å². The normalized spacial score (nSPS) is 12.5. The predicted octanol–water partition coefficient (Wildman–Crippen LogP) is 4.73. The fourth-order valence-corrected chi connectivity index (χ4v) is 3.51. The van der Waals surface area contributed by atoms with E-state index in [9.17, 15) is 8.42 Å². The predicted molar refractivity (Wildman–Crippen MR) is 100 cm³/mol. The number of ether oxygens (including phenoxy) is 1. The van der Waals surface area contributed by atoms with Crippen molar-refractivity contribution in [2.75, 3.05) is 0 Å². The summed E-state index contributed by atoms with van der Waals surface area (Å²) in [7, 11) is -3.89. The molecule has 5 heteroatoms. The quantitative estimate of drug-likeness (QED) is 0.566. The molecule has 1 unspecified atom stereocenters. The third kappa shape index (κ3) is 4.50. The van der Waals surface area contributed by atoms with E-state index in [-0.39, 0.29) is 16.7 Å². The summed E-state index contributed by atoms with van der Waals surface area (Å²) >= 11 is 0. The lowest BCUT2D eigenvalue weighted by Crippen LogP contribution is -2.12. The summed E-state index contributed by atoms with van der Waals surface area (Å²) in [6.45, 7) is 2.31. The van der Waals surface area contributed by atoms with Gasteiger partial charge in [0.25, 0.3) is 0 Å². The highest BCUT2D eigenvalue weighted by Gasteiger charge is 2.20. The molecule has 0 aromatic heterocycles. The van der Waals surface area contributed by atoms with Gasteiger partial charge in [0.1, 0.15) is 10.6 Å². The molecule has 0 radical (unpaired) electrons. The minimum absolute atomic E-state index is 0.118. The van der Waals surface area contributed by atoms with Crippen molar-refractivity contribution in [1.82, 2.24) is 0 Å². The van der Waals surface area contributed by atoms with Gasteiger partial charge in [0.15, 0.2) is 0 Å². The van der Waals surface area contributed by atoms with Crippen molar-refractivity contribution in [2.45, 2.75) is 24.5 Å². The minimum atomic E-state index is -3.89. The van der Waals surface area contributed by atoms with Crippen LogP contribution < -0.4 is 4.18 Å². The second-order valence-corrected chi connectivity index (χ2v) is 7.37. The number of rotatable bonds is 7. The van der Waals surface area contributed by atoms with E-state index in [1.807, 2.05) is 49.4 Å². The van der Waals surface area contributed by atoms with E-state index in [0.29, 0.717) is 12.2 Å². The number of hydrogen-bond donors (Lipinski definition) is 0. The van der Waals surface area contributed by atoms with Crippen molar-refractivity contribution in [3.8, 4) is 5.75 Å². The highest BCUT2D eigenvalue weighted by Crippen LogP contribution is 2.30. The van der Waals surface area contributed by atoms with Gasteiger partial charge in [-0.1, -0.05) is 66.7 Å².